The van der Waals surface area contributed by atoms with Crippen molar-refractivity contribution in [2.45, 2.75) is 32.6 Å². The molecule has 2 aliphatic rings. The SMILES string of the molecule is Cc1cc(Cl)ccc1N1CCN(C(=O)CCC2CCCNC2)CC1. The van der Waals surface area contributed by atoms with Gasteiger partial charge in [0.25, 0.3) is 0 Å². The number of carbonyl (C=O) groups excluding carboxylic acids is 1. The molecule has 4 nitrogen and oxygen atoms in total. The fourth-order valence-electron chi connectivity index (χ4n) is 3.83. The summed E-state index contributed by atoms with van der Waals surface area (Å²) >= 11 is 6.04. The van der Waals surface area contributed by atoms with Crippen LogP contribution >= 0.6 is 11.6 Å². The Balaban J connectivity index is 1.46. The second-order valence-electron chi connectivity index (χ2n) is 7.05. The minimum absolute atomic E-state index is 0.327. The number of rotatable bonds is 4. The maximum atomic E-state index is 12.5. The van der Waals surface area contributed by atoms with Crippen LogP contribution in [0.2, 0.25) is 5.02 Å². The molecule has 2 saturated heterocycles. The first kappa shape index (κ1) is 17.6. The smallest absolute Gasteiger partial charge is 0.222 e. The van der Waals surface area contributed by atoms with Crippen LogP contribution in [0.5, 0.6) is 0 Å². The number of benzene rings is 1. The quantitative estimate of drug-likeness (QED) is 0.907. The molecule has 1 aromatic rings. The summed E-state index contributed by atoms with van der Waals surface area (Å²) < 4.78 is 0. The lowest BCUT2D eigenvalue weighted by Crippen LogP contribution is -2.49. The van der Waals surface area contributed by atoms with Crippen molar-refractivity contribution in [3.8, 4) is 0 Å². The average Bonchev–Trinajstić information content (AvgIpc) is 2.61. The van der Waals surface area contributed by atoms with Crippen molar-refractivity contribution >= 4 is 23.2 Å². The summed E-state index contributed by atoms with van der Waals surface area (Å²) in [7, 11) is 0. The van der Waals surface area contributed by atoms with Gasteiger partial charge >= 0.3 is 0 Å². The fourth-order valence-corrected chi connectivity index (χ4v) is 4.05. The zero-order valence-electron chi connectivity index (χ0n) is 14.6. The Morgan fingerprint density at radius 2 is 2.08 bits per heavy atom. The van der Waals surface area contributed by atoms with Crippen LogP contribution in [0.15, 0.2) is 18.2 Å². The third kappa shape index (κ3) is 4.42. The maximum absolute atomic E-state index is 12.5. The van der Waals surface area contributed by atoms with E-state index in [4.69, 9.17) is 11.6 Å². The van der Waals surface area contributed by atoms with E-state index in [-0.39, 0.29) is 0 Å². The minimum atomic E-state index is 0.327. The van der Waals surface area contributed by atoms with Gasteiger partial charge < -0.3 is 15.1 Å². The molecule has 2 fully saturated rings. The van der Waals surface area contributed by atoms with Gasteiger partial charge in [-0.1, -0.05) is 11.6 Å². The van der Waals surface area contributed by atoms with Gasteiger partial charge in [-0.15, -0.1) is 0 Å². The van der Waals surface area contributed by atoms with Gasteiger partial charge in [-0.2, -0.15) is 0 Å². The number of hydrogen-bond donors (Lipinski definition) is 1. The summed E-state index contributed by atoms with van der Waals surface area (Å²) in [4.78, 5) is 16.9. The highest BCUT2D eigenvalue weighted by molar-refractivity contribution is 6.30. The van der Waals surface area contributed by atoms with Crippen LogP contribution in [0.4, 0.5) is 5.69 Å². The third-order valence-electron chi connectivity index (χ3n) is 5.30. The fraction of sp³-hybridized carbons (Fsp3) is 0.632. The van der Waals surface area contributed by atoms with E-state index in [1.165, 1.54) is 24.1 Å². The largest absolute Gasteiger partial charge is 0.368 e. The molecule has 5 heteroatoms. The van der Waals surface area contributed by atoms with Gasteiger partial charge in [0.05, 0.1) is 0 Å². The van der Waals surface area contributed by atoms with Crippen molar-refractivity contribution < 1.29 is 4.79 Å². The van der Waals surface area contributed by atoms with E-state index >= 15 is 0 Å². The van der Waals surface area contributed by atoms with Crippen LogP contribution in [-0.4, -0.2) is 50.1 Å². The standard InChI is InChI=1S/C19H28ClN3O/c1-15-13-17(20)5-6-18(15)22-9-11-23(12-10-22)19(24)7-4-16-3-2-8-21-14-16/h5-6,13,16,21H,2-4,7-12,14H2,1H3. The molecule has 1 unspecified atom stereocenters. The first-order chi connectivity index (χ1) is 11.6. The Hall–Kier alpha value is -1.26. The molecular formula is C19H28ClN3O. The number of anilines is 1. The summed E-state index contributed by atoms with van der Waals surface area (Å²) in [6.07, 6.45) is 4.25. The van der Waals surface area contributed by atoms with Gasteiger partial charge in [0.1, 0.15) is 0 Å². The number of nitrogens with one attached hydrogen (secondary N) is 1. The number of amides is 1. The molecule has 0 aliphatic carbocycles. The van der Waals surface area contributed by atoms with Crippen LogP contribution in [0.25, 0.3) is 0 Å². The van der Waals surface area contributed by atoms with Crippen molar-refractivity contribution in [2.24, 2.45) is 5.92 Å². The molecule has 1 amide bonds. The van der Waals surface area contributed by atoms with E-state index in [1.54, 1.807) is 0 Å². The van der Waals surface area contributed by atoms with Crippen molar-refractivity contribution in [2.75, 3.05) is 44.2 Å². The first-order valence-corrected chi connectivity index (χ1v) is 9.51. The molecule has 0 radical (unpaired) electrons. The first-order valence-electron chi connectivity index (χ1n) is 9.13. The third-order valence-corrected chi connectivity index (χ3v) is 5.53. The zero-order valence-corrected chi connectivity index (χ0v) is 15.3. The monoisotopic (exact) mass is 349 g/mol. The van der Waals surface area contributed by atoms with Gasteiger partial charge in [-0.25, -0.2) is 0 Å². The Labute approximate surface area is 150 Å². The molecular weight excluding hydrogens is 322 g/mol. The van der Waals surface area contributed by atoms with Crippen molar-refractivity contribution in [1.29, 1.82) is 0 Å². The van der Waals surface area contributed by atoms with Gasteiger partial charge in [0, 0.05) is 43.3 Å². The van der Waals surface area contributed by atoms with E-state index in [2.05, 4.69) is 23.2 Å². The molecule has 2 aliphatic heterocycles. The molecule has 1 aromatic carbocycles. The number of halogens is 1. The lowest BCUT2D eigenvalue weighted by molar-refractivity contribution is -0.131. The van der Waals surface area contributed by atoms with Crippen molar-refractivity contribution in [1.82, 2.24) is 10.2 Å². The summed E-state index contributed by atoms with van der Waals surface area (Å²) in [5.41, 5.74) is 2.44. The average molecular weight is 350 g/mol. The number of nitrogens with zero attached hydrogens (tertiary/aromatic N) is 2. The number of piperazine rings is 1. The van der Waals surface area contributed by atoms with Crippen LogP contribution in [0.1, 0.15) is 31.2 Å². The predicted octanol–water partition coefficient (Wildman–Crippen LogP) is 3.08. The number of piperidine rings is 1. The molecule has 2 heterocycles. The summed E-state index contributed by atoms with van der Waals surface area (Å²) in [5.74, 6) is 1.01. The number of hydrogen-bond acceptors (Lipinski definition) is 3. The van der Waals surface area contributed by atoms with E-state index in [1.807, 2.05) is 17.0 Å². The van der Waals surface area contributed by atoms with Gasteiger partial charge in [0.15, 0.2) is 0 Å². The molecule has 132 valence electrons. The molecule has 0 spiro atoms. The molecule has 24 heavy (non-hydrogen) atoms. The zero-order chi connectivity index (χ0) is 16.9. The Morgan fingerprint density at radius 1 is 1.29 bits per heavy atom. The van der Waals surface area contributed by atoms with Crippen molar-refractivity contribution in [3.05, 3.63) is 28.8 Å². The normalized spacial score (nSPS) is 21.8. The van der Waals surface area contributed by atoms with E-state index < -0.39 is 0 Å². The summed E-state index contributed by atoms with van der Waals surface area (Å²) in [5, 5.41) is 4.21. The molecule has 0 saturated carbocycles. The predicted molar refractivity (Wildman–Crippen MR) is 99.8 cm³/mol. The van der Waals surface area contributed by atoms with Gasteiger partial charge in [0.2, 0.25) is 5.91 Å². The van der Waals surface area contributed by atoms with Crippen LogP contribution in [0, 0.1) is 12.8 Å². The second-order valence-corrected chi connectivity index (χ2v) is 7.49. The lowest BCUT2D eigenvalue weighted by Gasteiger charge is -2.37. The molecule has 1 N–H and O–H groups in total. The highest BCUT2D eigenvalue weighted by Gasteiger charge is 2.23. The van der Waals surface area contributed by atoms with Crippen molar-refractivity contribution in [3.63, 3.8) is 0 Å². The van der Waals surface area contributed by atoms with E-state index in [9.17, 15) is 4.79 Å². The molecule has 0 aromatic heterocycles. The Kier molecular flexibility index (Phi) is 6.01. The van der Waals surface area contributed by atoms with Gasteiger partial charge in [-0.05, 0) is 69.0 Å². The minimum Gasteiger partial charge on any atom is -0.368 e. The molecule has 0 bridgehead atoms. The summed E-state index contributed by atoms with van der Waals surface area (Å²) in [6, 6.07) is 6.04. The molecule has 3 rings (SSSR count). The maximum Gasteiger partial charge on any atom is 0.222 e. The van der Waals surface area contributed by atoms with Crippen LogP contribution in [-0.2, 0) is 4.79 Å². The molecule has 1 atom stereocenters. The Bertz CT molecular complexity index is 564. The second kappa shape index (κ2) is 8.21. The van der Waals surface area contributed by atoms with E-state index in [0.29, 0.717) is 18.2 Å². The van der Waals surface area contributed by atoms with Crippen LogP contribution < -0.4 is 10.2 Å². The highest BCUT2D eigenvalue weighted by Crippen LogP contribution is 2.25. The van der Waals surface area contributed by atoms with Crippen LogP contribution in [0.3, 0.4) is 0 Å². The highest BCUT2D eigenvalue weighted by atomic mass is 35.5. The summed E-state index contributed by atoms with van der Waals surface area (Å²) in [6.45, 7) is 7.76. The lowest BCUT2D eigenvalue weighted by atomic mass is 9.94. The van der Waals surface area contributed by atoms with Gasteiger partial charge in [-0.3, -0.25) is 4.79 Å². The van der Waals surface area contributed by atoms with E-state index in [0.717, 1.165) is 50.7 Å². The number of carbonyl (C=O) groups is 1. The Morgan fingerprint density at radius 3 is 2.75 bits per heavy atom. The number of aryl methyl sites for hydroxylation is 1. The topological polar surface area (TPSA) is 35.6 Å².